The van der Waals surface area contributed by atoms with Crippen molar-refractivity contribution in [2.24, 2.45) is 0 Å². The molecule has 0 fully saturated rings. The Labute approximate surface area is 108 Å². The molecular weight excluding hydrogens is 234 g/mol. The molecule has 1 rings (SSSR count). The summed E-state index contributed by atoms with van der Waals surface area (Å²) in [6.07, 6.45) is 4.72. The lowest BCUT2D eigenvalue weighted by atomic mass is 9.97. The van der Waals surface area contributed by atoms with Crippen LogP contribution < -0.4 is 5.32 Å². The van der Waals surface area contributed by atoms with Crippen molar-refractivity contribution in [3.63, 3.8) is 0 Å². The minimum atomic E-state index is 0.654. The van der Waals surface area contributed by atoms with Crippen LogP contribution in [0.1, 0.15) is 30.9 Å². The molecule has 0 saturated carbocycles. The van der Waals surface area contributed by atoms with E-state index in [9.17, 15) is 4.79 Å². The van der Waals surface area contributed by atoms with Crippen molar-refractivity contribution in [1.29, 1.82) is 0 Å². The predicted molar refractivity (Wildman–Crippen MR) is 73.1 cm³/mol. The van der Waals surface area contributed by atoms with Crippen molar-refractivity contribution >= 4 is 23.6 Å². The van der Waals surface area contributed by atoms with E-state index >= 15 is 0 Å². The number of carbonyl (C=O) groups is 1. The van der Waals surface area contributed by atoms with Gasteiger partial charge in [-0.1, -0.05) is 30.7 Å². The summed E-state index contributed by atoms with van der Waals surface area (Å²) in [6, 6.07) is 5.90. The van der Waals surface area contributed by atoms with Crippen LogP contribution in [0, 0.1) is 6.92 Å². The third-order valence-corrected chi connectivity index (χ3v) is 2.85. The Morgan fingerprint density at radius 1 is 1.47 bits per heavy atom. The molecule has 0 aromatic heterocycles. The quantitative estimate of drug-likeness (QED) is 0.608. The lowest BCUT2D eigenvalue weighted by Gasteiger charge is -2.11. The fourth-order valence-electron chi connectivity index (χ4n) is 1.80. The molecule has 0 spiro atoms. The molecule has 1 N–H and O–H groups in total. The van der Waals surface area contributed by atoms with Gasteiger partial charge in [0.15, 0.2) is 0 Å². The van der Waals surface area contributed by atoms with Crippen LogP contribution in [-0.4, -0.2) is 13.0 Å². The van der Waals surface area contributed by atoms with Gasteiger partial charge in [0.1, 0.15) is 0 Å². The molecule has 0 saturated heterocycles. The van der Waals surface area contributed by atoms with Gasteiger partial charge in [-0.05, 0) is 48.6 Å². The van der Waals surface area contributed by atoms with E-state index in [0.29, 0.717) is 6.54 Å². The Morgan fingerprint density at radius 2 is 2.24 bits per heavy atom. The SMILES string of the molecule is CC/C=C(/CCNC=O)c1cc(Cl)ccc1C. The zero-order valence-electron chi connectivity index (χ0n) is 10.3. The second-order valence-electron chi connectivity index (χ2n) is 3.92. The number of nitrogens with one attached hydrogen (secondary N) is 1. The van der Waals surface area contributed by atoms with Crippen LogP contribution in [0.15, 0.2) is 24.3 Å². The number of carbonyl (C=O) groups excluding carboxylic acids is 1. The summed E-state index contributed by atoms with van der Waals surface area (Å²) in [6.45, 7) is 4.83. The maximum atomic E-state index is 10.3. The fraction of sp³-hybridized carbons (Fsp3) is 0.357. The smallest absolute Gasteiger partial charge is 0.207 e. The van der Waals surface area contributed by atoms with E-state index in [1.165, 1.54) is 16.7 Å². The van der Waals surface area contributed by atoms with Gasteiger partial charge in [-0.3, -0.25) is 4.79 Å². The maximum absolute atomic E-state index is 10.3. The highest BCUT2D eigenvalue weighted by Gasteiger charge is 2.05. The van der Waals surface area contributed by atoms with Crippen molar-refractivity contribution in [1.82, 2.24) is 5.32 Å². The van der Waals surface area contributed by atoms with Crippen LogP contribution in [0.4, 0.5) is 0 Å². The lowest BCUT2D eigenvalue weighted by molar-refractivity contribution is -0.109. The van der Waals surface area contributed by atoms with Crippen LogP contribution in [0.25, 0.3) is 5.57 Å². The van der Waals surface area contributed by atoms with Crippen molar-refractivity contribution in [3.8, 4) is 0 Å². The summed E-state index contributed by atoms with van der Waals surface area (Å²) in [5, 5.41) is 3.43. The molecule has 0 unspecified atom stereocenters. The first-order valence-electron chi connectivity index (χ1n) is 5.81. The summed E-state index contributed by atoms with van der Waals surface area (Å²) in [5.74, 6) is 0. The molecular formula is C14H18ClNO. The predicted octanol–water partition coefficient (Wildman–Crippen LogP) is 3.58. The zero-order valence-corrected chi connectivity index (χ0v) is 11.1. The average molecular weight is 252 g/mol. The Bertz CT molecular complexity index is 413. The first-order chi connectivity index (χ1) is 8.19. The molecule has 0 heterocycles. The number of halogens is 1. The van der Waals surface area contributed by atoms with Crippen molar-refractivity contribution in [3.05, 3.63) is 40.4 Å². The van der Waals surface area contributed by atoms with Gasteiger partial charge in [0.25, 0.3) is 0 Å². The van der Waals surface area contributed by atoms with E-state index in [4.69, 9.17) is 11.6 Å². The highest BCUT2D eigenvalue weighted by molar-refractivity contribution is 6.30. The van der Waals surface area contributed by atoms with Gasteiger partial charge < -0.3 is 5.32 Å². The Balaban J connectivity index is 2.93. The molecule has 1 aromatic rings. The van der Waals surface area contributed by atoms with Crippen molar-refractivity contribution < 1.29 is 4.79 Å². The van der Waals surface area contributed by atoms with Crippen LogP contribution in [0.2, 0.25) is 5.02 Å². The molecule has 0 aliphatic heterocycles. The largest absolute Gasteiger partial charge is 0.358 e. The molecule has 0 bridgehead atoms. The van der Waals surface area contributed by atoms with Gasteiger partial charge in [-0.25, -0.2) is 0 Å². The van der Waals surface area contributed by atoms with E-state index in [1.54, 1.807) is 0 Å². The first kappa shape index (κ1) is 13.8. The molecule has 3 heteroatoms. The lowest BCUT2D eigenvalue weighted by Crippen LogP contribution is -2.12. The number of allylic oxidation sites excluding steroid dienone is 1. The van der Waals surface area contributed by atoms with Crippen LogP contribution in [0.5, 0.6) is 0 Å². The van der Waals surface area contributed by atoms with Gasteiger partial charge in [-0.15, -0.1) is 0 Å². The third kappa shape index (κ3) is 4.23. The van der Waals surface area contributed by atoms with Crippen LogP contribution >= 0.6 is 11.6 Å². The molecule has 2 nitrogen and oxygen atoms in total. The fourth-order valence-corrected chi connectivity index (χ4v) is 1.97. The number of amides is 1. The summed E-state index contributed by atoms with van der Waals surface area (Å²) in [7, 11) is 0. The number of hydrogen-bond acceptors (Lipinski definition) is 1. The summed E-state index contributed by atoms with van der Waals surface area (Å²) < 4.78 is 0. The highest BCUT2D eigenvalue weighted by atomic mass is 35.5. The number of benzene rings is 1. The first-order valence-corrected chi connectivity index (χ1v) is 6.19. The second kappa shape index (κ2) is 7.13. The Hall–Kier alpha value is -1.28. The minimum absolute atomic E-state index is 0.654. The third-order valence-electron chi connectivity index (χ3n) is 2.62. The second-order valence-corrected chi connectivity index (χ2v) is 4.36. The Kier molecular flexibility index (Phi) is 5.78. The van der Waals surface area contributed by atoms with Crippen molar-refractivity contribution in [2.45, 2.75) is 26.7 Å². The number of aryl methyl sites for hydroxylation is 1. The van der Waals surface area contributed by atoms with E-state index in [0.717, 1.165) is 24.3 Å². The van der Waals surface area contributed by atoms with Crippen LogP contribution in [-0.2, 0) is 4.79 Å². The normalized spacial score (nSPS) is 11.4. The van der Waals surface area contributed by atoms with Gasteiger partial charge in [0.05, 0.1) is 0 Å². The molecule has 0 radical (unpaired) electrons. The molecule has 0 aliphatic rings. The standard InChI is InChI=1S/C14H18ClNO/c1-3-4-12(7-8-16-10-17)14-9-13(15)6-5-11(14)2/h4-6,9-10H,3,7-8H2,1-2H3,(H,16,17)/b12-4-. The molecule has 1 aromatic carbocycles. The van der Waals surface area contributed by atoms with E-state index in [-0.39, 0.29) is 0 Å². The van der Waals surface area contributed by atoms with Gasteiger partial charge in [0, 0.05) is 11.6 Å². The minimum Gasteiger partial charge on any atom is -0.358 e. The van der Waals surface area contributed by atoms with E-state index < -0.39 is 0 Å². The molecule has 92 valence electrons. The van der Waals surface area contributed by atoms with E-state index in [1.807, 2.05) is 18.2 Å². The van der Waals surface area contributed by atoms with Gasteiger partial charge in [-0.2, -0.15) is 0 Å². The zero-order chi connectivity index (χ0) is 12.7. The monoisotopic (exact) mass is 251 g/mol. The summed E-state index contributed by atoms with van der Waals surface area (Å²) >= 11 is 6.02. The summed E-state index contributed by atoms with van der Waals surface area (Å²) in [4.78, 5) is 10.3. The van der Waals surface area contributed by atoms with Crippen LogP contribution in [0.3, 0.4) is 0 Å². The van der Waals surface area contributed by atoms with Gasteiger partial charge >= 0.3 is 0 Å². The van der Waals surface area contributed by atoms with Crippen molar-refractivity contribution in [2.75, 3.05) is 6.54 Å². The van der Waals surface area contributed by atoms with E-state index in [2.05, 4.69) is 25.2 Å². The Morgan fingerprint density at radius 3 is 2.88 bits per heavy atom. The van der Waals surface area contributed by atoms with Gasteiger partial charge in [0.2, 0.25) is 6.41 Å². The number of rotatable bonds is 6. The molecule has 0 aliphatic carbocycles. The molecule has 17 heavy (non-hydrogen) atoms. The average Bonchev–Trinajstić information content (AvgIpc) is 2.32. The molecule has 0 atom stereocenters. The highest BCUT2D eigenvalue weighted by Crippen LogP contribution is 2.25. The summed E-state index contributed by atoms with van der Waals surface area (Å²) in [5.41, 5.74) is 3.62. The molecule has 1 amide bonds. The number of hydrogen-bond donors (Lipinski definition) is 1. The topological polar surface area (TPSA) is 29.1 Å². The maximum Gasteiger partial charge on any atom is 0.207 e.